The number of hydrogen-bond donors (Lipinski definition) is 2. The van der Waals surface area contributed by atoms with E-state index in [1.165, 1.54) is 0 Å². The zero-order valence-electron chi connectivity index (χ0n) is 29.4. The quantitative estimate of drug-likeness (QED) is 0.373. The maximum atomic E-state index is 12.3. The zero-order chi connectivity index (χ0) is 34.6. The molecule has 2 amide bonds. The van der Waals surface area contributed by atoms with Gasteiger partial charge in [-0.2, -0.15) is 0 Å². The lowest BCUT2D eigenvalue weighted by Crippen LogP contribution is -2.68. The van der Waals surface area contributed by atoms with Gasteiger partial charge in [-0.3, -0.25) is 0 Å². The van der Waals surface area contributed by atoms with Gasteiger partial charge in [0.25, 0.3) is 0 Å². The monoisotopic (exact) mass is 666 g/mol. The number of benzene rings is 1. The van der Waals surface area contributed by atoms with E-state index >= 15 is 0 Å². The van der Waals surface area contributed by atoms with Crippen LogP contribution >= 0.6 is 0 Å². The topological polar surface area (TPSA) is 141 Å². The molecule has 13 heteroatoms. The van der Waals surface area contributed by atoms with E-state index in [0.717, 1.165) is 5.56 Å². The van der Waals surface area contributed by atoms with Crippen molar-refractivity contribution in [3.8, 4) is 0 Å². The maximum absolute atomic E-state index is 12.3. The third kappa shape index (κ3) is 10.2. The average Bonchev–Trinajstić information content (AvgIpc) is 3.00. The number of carbonyl (C=O) groups excluding carboxylic acids is 2. The smallest absolute Gasteiger partial charge is 0.408 e. The van der Waals surface area contributed by atoms with Crippen LogP contribution < -0.4 is 10.6 Å². The highest BCUT2D eigenvalue weighted by molar-refractivity contribution is 5.68. The Hall–Kier alpha value is -2.52. The second kappa shape index (κ2) is 14.5. The minimum atomic E-state index is -1.36. The summed E-state index contributed by atoms with van der Waals surface area (Å²) >= 11 is 0. The Bertz CT molecular complexity index is 1150. The highest BCUT2D eigenvalue weighted by Crippen LogP contribution is 2.41. The van der Waals surface area contributed by atoms with Crippen LogP contribution in [0, 0.1) is 10.8 Å². The highest BCUT2D eigenvalue weighted by Gasteiger charge is 2.56. The van der Waals surface area contributed by atoms with Crippen LogP contribution in [0.15, 0.2) is 30.3 Å². The van der Waals surface area contributed by atoms with Crippen molar-refractivity contribution in [2.75, 3.05) is 46.2 Å². The normalized spacial score (nSPS) is 31.2. The number of amides is 2. The molecule has 0 aromatic heterocycles. The van der Waals surface area contributed by atoms with E-state index in [9.17, 15) is 9.59 Å². The van der Waals surface area contributed by atoms with Crippen molar-refractivity contribution in [2.24, 2.45) is 10.8 Å². The molecule has 7 rings (SSSR count). The molecular weight excluding hydrogens is 612 g/mol. The van der Waals surface area contributed by atoms with Gasteiger partial charge in [0.2, 0.25) is 0 Å². The third-order valence-electron chi connectivity index (χ3n) is 7.77. The van der Waals surface area contributed by atoms with Crippen molar-refractivity contribution in [1.82, 2.24) is 10.6 Å². The predicted molar refractivity (Wildman–Crippen MR) is 170 cm³/mol. The predicted octanol–water partition coefficient (Wildman–Crippen LogP) is 4.86. The molecule has 0 spiro atoms. The molecule has 2 atom stereocenters. The van der Waals surface area contributed by atoms with Crippen LogP contribution in [0.3, 0.4) is 0 Å². The van der Waals surface area contributed by atoms with Gasteiger partial charge >= 0.3 is 24.1 Å². The van der Waals surface area contributed by atoms with E-state index in [0.29, 0.717) is 52.7 Å². The Morgan fingerprint density at radius 1 is 0.702 bits per heavy atom. The molecule has 6 aliphatic heterocycles. The van der Waals surface area contributed by atoms with Crippen molar-refractivity contribution in [1.29, 1.82) is 0 Å². The molecule has 266 valence electrons. The lowest BCUT2D eigenvalue weighted by Gasteiger charge is -2.52. The summed E-state index contributed by atoms with van der Waals surface area (Å²) in [7, 11) is 0. The van der Waals surface area contributed by atoms with Gasteiger partial charge in [-0.1, -0.05) is 51.1 Å². The molecule has 47 heavy (non-hydrogen) atoms. The minimum Gasteiger partial charge on any atom is -0.444 e. The molecule has 1 aromatic carbocycles. The average molecular weight is 667 g/mol. The first-order valence-electron chi connectivity index (χ1n) is 16.3. The van der Waals surface area contributed by atoms with Gasteiger partial charge in [0.15, 0.2) is 0 Å². The molecule has 2 N–H and O–H groups in total. The minimum absolute atomic E-state index is 0.0913. The first kappa shape index (κ1) is 37.3. The second-order valence-corrected chi connectivity index (χ2v) is 15.4. The first-order chi connectivity index (χ1) is 21.9. The van der Waals surface area contributed by atoms with Crippen molar-refractivity contribution < 1.29 is 52.2 Å². The maximum Gasteiger partial charge on any atom is 0.408 e. The summed E-state index contributed by atoms with van der Waals surface area (Å²) in [6, 6.07) is 8.74. The largest absolute Gasteiger partial charge is 0.444 e. The molecule has 6 aliphatic rings. The van der Waals surface area contributed by atoms with E-state index in [1.54, 1.807) is 0 Å². The molecule has 4 bridgehead atoms. The molecule has 6 fully saturated rings. The van der Waals surface area contributed by atoms with Crippen molar-refractivity contribution in [2.45, 2.75) is 111 Å². The van der Waals surface area contributed by atoms with Crippen LogP contribution in [0.25, 0.3) is 0 Å². The summed E-state index contributed by atoms with van der Waals surface area (Å²) in [6.07, 6.45) is -0.441. The van der Waals surface area contributed by atoms with Gasteiger partial charge in [-0.15, -0.1) is 0 Å². The third-order valence-corrected chi connectivity index (χ3v) is 7.77. The standard InChI is InChI=1S/C20H29NO6.C14H25NO5/c1-18(2,3)27-17(22)21-16(11-23-10-15-8-6-5-7-9-15)20-24-12-19(4,13-25-20)14-26-20;1-6-10(15-11(16)20-12(2,3)4)14-17-7-13(5,8-18-14)9-19-14/h5-9,16H,10-14H2,1-4H3,(H,21,22);10H,6-9H2,1-5H3,(H,15,16)/t16-,19?,20?;10-,13?,14?/m00/s1. The molecule has 0 unspecified atom stereocenters. The fourth-order valence-electron chi connectivity index (χ4n) is 5.19. The molecule has 13 nitrogen and oxygen atoms in total. The Balaban J connectivity index is 0.000000223. The van der Waals surface area contributed by atoms with Gasteiger partial charge in [0.1, 0.15) is 23.3 Å². The Labute approximate surface area is 278 Å². The summed E-state index contributed by atoms with van der Waals surface area (Å²) in [4.78, 5) is 24.2. The number of rotatable bonds is 9. The van der Waals surface area contributed by atoms with Crippen LogP contribution in [-0.4, -0.2) is 93.7 Å². The number of carbonyl (C=O) groups is 2. The Morgan fingerprint density at radius 3 is 1.47 bits per heavy atom. The van der Waals surface area contributed by atoms with Gasteiger partial charge in [-0.05, 0) is 53.5 Å². The lowest BCUT2D eigenvalue weighted by molar-refractivity contribution is -0.475. The number of hydrogen-bond acceptors (Lipinski definition) is 11. The summed E-state index contributed by atoms with van der Waals surface area (Å²) in [6.45, 7) is 20.7. The van der Waals surface area contributed by atoms with Gasteiger partial charge in [-0.25, -0.2) is 9.59 Å². The zero-order valence-corrected chi connectivity index (χ0v) is 29.4. The SMILES string of the molecule is CC12COC([C@H](COCc3ccccc3)NC(=O)OC(C)(C)C)(OC1)OC2.CC[C@H](NC(=O)OC(C)(C)C)C12OCC(C)(CO1)CO2. The summed E-state index contributed by atoms with van der Waals surface area (Å²) in [5.74, 6) is -2.53. The van der Waals surface area contributed by atoms with E-state index < -0.39 is 47.4 Å². The highest BCUT2D eigenvalue weighted by atomic mass is 16.9. The molecule has 1 aromatic rings. The molecular formula is C34H54N2O11. The summed E-state index contributed by atoms with van der Waals surface area (Å²) in [5, 5.41) is 5.58. The van der Waals surface area contributed by atoms with Crippen LogP contribution in [0.5, 0.6) is 0 Å². The fraction of sp³-hybridized carbons (Fsp3) is 0.765. The van der Waals surface area contributed by atoms with E-state index in [4.69, 9.17) is 42.6 Å². The number of fused-ring (bicyclic) bond motifs is 6. The molecule has 0 radical (unpaired) electrons. The van der Waals surface area contributed by atoms with Crippen LogP contribution in [0.2, 0.25) is 0 Å². The van der Waals surface area contributed by atoms with E-state index in [-0.39, 0.29) is 17.4 Å². The molecule has 0 saturated carbocycles. The molecule has 6 heterocycles. The van der Waals surface area contributed by atoms with Crippen LogP contribution in [0.1, 0.15) is 74.3 Å². The number of nitrogens with one attached hydrogen (secondary N) is 2. The van der Waals surface area contributed by atoms with Crippen LogP contribution in [0.4, 0.5) is 9.59 Å². The Kier molecular flexibility index (Phi) is 11.5. The van der Waals surface area contributed by atoms with Crippen LogP contribution in [-0.2, 0) is 49.2 Å². The van der Waals surface area contributed by atoms with Gasteiger partial charge in [0, 0.05) is 10.8 Å². The van der Waals surface area contributed by atoms with Crippen molar-refractivity contribution in [3.05, 3.63) is 35.9 Å². The Morgan fingerprint density at radius 2 is 1.09 bits per heavy atom. The number of ether oxygens (including phenoxy) is 9. The molecule has 6 saturated heterocycles. The summed E-state index contributed by atoms with van der Waals surface area (Å²) in [5.41, 5.74) is -0.374. The summed E-state index contributed by atoms with van der Waals surface area (Å²) < 4.78 is 51.3. The van der Waals surface area contributed by atoms with E-state index in [2.05, 4.69) is 17.6 Å². The van der Waals surface area contributed by atoms with Gasteiger partial charge < -0.3 is 53.3 Å². The fourth-order valence-corrected chi connectivity index (χ4v) is 5.19. The molecule has 0 aliphatic carbocycles. The number of alkyl carbamates (subject to hydrolysis) is 2. The second-order valence-electron chi connectivity index (χ2n) is 15.4. The first-order valence-corrected chi connectivity index (χ1v) is 16.3. The van der Waals surface area contributed by atoms with Gasteiger partial charge in [0.05, 0.1) is 52.9 Å². The lowest BCUT2D eigenvalue weighted by atomic mass is 9.91. The van der Waals surface area contributed by atoms with Crippen molar-refractivity contribution in [3.63, 3.8) is 0 Å². The van der Waals surface area contributed by atoms with E-state index in [1.807, 2.05) is 85.7 Å². The van der Waals surface area contributed by atoms with Crippen molar-refractivity contribution >= 4 is 12.2 Å².